The van der Waals surface area contributed by atoms with Gasteiger partial charge in [-0.15, -0.1) is 0 Å². The lowest BCUT2D eigenvalue weighted by molar-refractivity contribution is -0.385. The van der Waals surface area contributed by atoms with Gasteiger partial charge in [-0.1, -0.05) is 17.7 Å². The van der Waals surface area contributed by atoms with Gasteiger partial charge in [0.1, 0.15) is 17.2 Å². The van der Waals surface area contributed by atoms with Crippen LogP contribution < -0.4 is 4.90 Å². The maximum Gasteiger partial charge on any atom is 0.288 e. The number of rotatable bonds is 3. The molecular weight excluding hydrogens is 284 g/mol. The van der Waals surface area contributed by atoms with Crippen LogP contribution in [-0.2, 0) is 0 Å². The van der Waals surface area contributed by atoms with Gasteiger partial charge in [-0.2, -0.15) is 0 Å². The van der Waals surface area contributed by atoms with Crippen molar-refractivity contribution < 1.29 is 9.72 Å². The summed E-state index contributed by atoms with van der Waals surface area (Å²) in [6.07, 6.45) is 2.53. The number of halogens is 1. The molecule has 0 fully saturated rings. The Morgan fingerprint density at radius 2 is 2.15 bits per heavy atom. The SMILES string of the molecule is CN(C(=O)c1cc([N+](=O)[O-])cnc1Cl)c1ccccn1. The fourth-order valence-corrected chi connectivity index (χ4v) is 1.71. The minimum absolute atomic E-state index is 0.0472. The summed E-state index contributed by atoms with van der Waals surface area (Å²) in [7, 11) is 1.50. The Hall–Kier alpha value is -2.54. The molecule has 7 nitrogen and oxygen atoms in total. The van der Waals surface area contributed by atoms with E-state index >= 15 is 0 Å². The minimum atomic E-state index is -0.638. The third kappa shape index (κ3) is 2.72. The van der Waals surface area contributed by atoms with Gasteiger partial charge in [-0.25, -0.2) is 9.97 Å². The molecule has 1 amide bonds. The highest BCUT2D eigenvalue weighted by atomic mass is 35.5. The number of nitrogens with zero attached hydrogens (tertiary/aromatic N) is 4. The van der Waals surface area contributed by atoms with Crippen LogP contribution in [0.15, 0.2) is 36.7 Å². The van der Waals surface area contributed by atoms with E-state index in [4.69, 9.17) is 11.6 Å². The van der Waals surface area contributed by atoms with Crippen molar-refractivity contribution >= 4 is 29.0 Å². The second kappa shape index (κ2) is 5.62. The average molecular weight is 293 g/mol. The summed E-state index contributed by atoms with van der Waals surface area (Å²) in [5.74, 6) is -0.120. The van der Waals surface area contributed by atoms with Crippen LogP contribution in [0.4, 0.5) is 11.5 Å². The van der Waals surface area contributed by atoms with Crippen LogP contribution in [0.2, 0.25) is 5.15 Å². The molecule has 2 aromatic rings. The van der Waals surface area contributed by atoms with Gasteiger partial charge in [0.15, 0.2) is 0 Å². The van der Waals surface area contributed by atoms with E-state index in [0.29, 0.717) is 5.82 Å². The van der Waals surface area contributed by atoms with Crippen molar-refractivity contribution in [3.63, 3.8) is 0 Å². The van der Waals surface area contributed by atoms with Gasteiger partial charge < -0.3 is 0 Å². The monoisotopic (exact) mass is 292 g/mol. The summed E-state index contributed by atoms with van der Waals surface area (Å²) in [5.41, 5.74) is -0.346. The van der Waals surface area contributed by atoms with E-state index in [1.807, 2.05) is 0 Å². The predicted octanol–water partition coefficient (Wildman–Crippen LogP) is 2.31. The third-order valence-corrected chi connectivity index (χ3v) is 2.86. The van der Waals surface area contributed by atoms with Crippen molar-refractivity contribution in [2.75, 3.05) is 11.9 Å². The van der Waals surface area contributed by atoms with Crippen LogP contribution in [0.25, 0.3) is 0 Å². The molecule has 0 aliphatic carbocycles. The van der Waals surface area contributed by atoms with Crippen LogP contribution >= 0.6 is 11.6 Å². The molecule has 2 aromatic heterocycles. The van der Waals surface area contributed by atoms with Gasteiger partial charge in [-0.05, 0) is 12.1 Å². The molecule has 0 aliphatic heterocycles. The lowest BCUT2D eigenvalue weighted by Gasteiger charge is -2.16. The zero-order valence-electron chi connectivity index (χ0n) is 10.4. The number of hydrogen-bond donors (Lipinski definition) is 0. The summed E-state index contributed by atoms with van der Waals surface area (Å²) in [5, 5.41) is 10.6. The number of aromatic nitrogens is 2. The van der Waals surface area contributed by atoms with Gasteiger partial charge in [0, 0.05) is 19.3 Å². The standard InChI is InChI=1S/C12H9ClN4O3/c1-16(10-4-2-3-5-14-10)12(18)9-6-8(17(19)20)7-15-11(9)13/h2-7H,1H3. The number of carbonyl (C=O) groups is 1. The second-order valence-electron chi connectivity index (χ2n) is 3.84. The van der Waals surface area contributed by atoms with Gasteiger partial charge in [0.2, 0.25) is 0 Å². The normalized spacial score (nSPS) is 10.1. The zero-order valence-corrected chi connectivity index (χ0v) is 11.1. The lowest BCUT2D eigenvalue weighted by Crippen LogP contribution is -2.27. The molecular formula is C12H9ClN4O3. The van der Waals surface area contributed by atoms with E-state index in [9.17, 15) is 14.9 Å². The molecule has 0 bridgehead atoms. The van der Waals surface area contributed by atoms with Gasteiger partial charge in [0.05, 0.1) is 10.5 Å². The molecule has 0 radical (unpaired) electrons. The van der Waals surface area contributed by atoms with E-state index in [-0.39, 0.29) is 16.4 Å². The Bertz CT molecular complexity index is 663. The summed E-state index contributed by atoms with van der Waals surface area (Å²) < 4.78 is 0. The molecule has 0 spiro atoms. The van der Waals surface area contributed by atoms with Crippen molar-refractivity contribution in [1.82, 2.24) is 9.97 Å². The summed E-state index contributed by atoms with van der Waals surface area (Å²) in [4.78, 5) is 31.3. The molecule has 0 N–H and O–H groups in total. The Morgan fingerprint density at radius 1 is 1.40 bits per heavy atom. The first-order valence-corrected chi connectivity index (χ1v) is 5.87. The second-order valence-corrected chi connectivity index (χ2v) is 4.20. The van der Waals surface area contributed by atoms with E-state index < -0.39 is 10.8 Å². The number of amides is 1. The molecule has 0 atom stereocenters. The highest BCUT2D eigenvalue weighted by Crippen LogP contribution is 2.22. The molecule has 20 heavy (non-hydrogen) atoms. The first kappa shape index (κ1) is 13.9. The average Bonchev–Trinajstić information content (AvgIpc) is 2.47. The topological polar surface area (TPSA) is 89.2 Å². The van der Waals surface area contributed by atoms with E-state index in [2.05, 4.69) is 9.97 Å². The van der Waals surface area contributed by atoms with Crippen LogP contribution in [0, 0.1) is 10.1 Å². The van der Waals surface area contributed by atoms with E-state index in [0.717, 1.165) is 12.3 Å². The zero-order chi connectivity index (χ0) is 14.7. The highest BCUT2D eigenvalue weighted by Gasteiger charge is 2.21. The van der Waals surface area contributed by atoms with Gasteiger partial charge in [-0.3, -0.25) is 19.8 Å². The Kier molecular flexibility index (Phi) is 3.90. The Labute approximate surface area is 119 Å². The third-order valence-electron chi connectivity index (χ3n) is 2.56. The molecule has 0 unspecified atom stereocenters. The van der Waals surface area contributed by atoms with E-state index in [1.54, 1.807) is 18.2 Å². The van der Waals surface area contributed by atoms with Crippen LogP contribution in [0.5, 0.6) is 0 Å². The minimum Gasteiger partial charge on any atom is -0.296 e. The van der Waals surface area contributed by atoms with E-state index in [1.165, 1.54) is 18.1 Å². The molecule has 102 valence electrons. The van der Waals surface area contributed by atoms with Crippen LogP contribution in [0.1, 0.15) is 10.4 Å². The van der Waals surface area contributed by atoms with Crippen molar-refractivity contribution in [1.29, 1.82) is 0 Å². The van der Waals surface area contributed by atoms with Crippen LogP contribution in [-0.4, -0.2) is 27.8 Å². The summed E-state index contributed by atoms with van der Waals surface area (Å²) in [6, 6.07) is 6.16. The number of nitro groups is 1. The predicted molar refractivity (Wildman–Crippen MR) is 72.9 cm³/mol. The molecule has 2 rings (SSSR count). The molecule has 0 saturated carbocycles. The smallest absolute Gasteiger partial charge is 0.288 e. The largest absolute Gasteiger partial charge is 0.296 e. The number of carbonyl (C=O) groups excluding carboxylic acids is 1. The van der Waals surface area contributed by atoms with Crippen LogP contribution in [0.3, 0.4) is 0 Å². The molecule has 8 heteroatoms. The summed E-state index contributed by atoms with van der Waals surface area (Å²) in [6.45, 7) is 0. The number of pyridine rings is 2. The van der Waals surface area contributed by atoms with Crippen molar-refractivity contribution in [3.05, 3.63) is 57.5 Å². The van der Waals surface area contributed by atoms with Crippen molar-refractivity contribution in [3.8, 4) is 0 Å². The van der Waals surface area contributed by atoms with Crippen molar-refractivity contribution in [2.45, 2.75) is 0 Å². The number of anilines is 1. The van der Waals surface area contributed by atoms with Gasteiger partial charge >= 0.3 is 0 Å². The highest BCUT2D eigenvalue weighted by molar-refractivity contribution is 6.33. The maximum absolute atomic E-state index is 12.3. The fourth-order valence-electron chi connectivity index (χ4n) is 1.52. The number of hydrogen-bond acceptors (Lipinski definition) is 5. The molecule has 2 heterocycles. The molecule has 0 aromatic carbocycles. The lowest BCUT2D eigenvalue weighted by atomic mass is 10.2. The van der Waals surface area contributed by atoms with Crippen molar-refractivity contribution in [2.24, 2.45) is 0 Å². The fraction of sp³-hybridized carbons (Fsp3) is 0.0833. The first-order valence-electron chi connectivity index (χ1n) is 5.49. The first-order chi connectivity index (χ1) is 9.50. The summed E-state index contributed by atoms with van der Waals surface area (Å²) >= 11 is 5.83. The van der Waals surface area contributed by atoms with Gasteiger partial charge in [0.25, 0.3) is 11.6 Å². The molecule has 0 saturated heterocycles. The molecule has 0 aliphatic rings. The Morgan fingerprint density at radius 3 is 2.75 bits per heavy atom. The quantitative estimate of drug-likeness (QED) is 0.492. The maximum atomic E-state index is 12.3. The Balaban J connectivity index is 2.38.